The fraction of sp³-hybridized carbons (Fsp3) is 0.143. The molecular formula is C112H92N16. The van der Waals surface area contributed by atoms with Gasteiger partial charge in [0.15, 0.2) is 23.3 Å². The summed E-state index contributed by atoms with van der Waals surface area (Å²) in [5.41, 5.74) is 35.4. The maximum atomic E-state index is 4.96. The lowest BCUT2D eigenvalue weighted by Gasteiger charge is -2.18. The average molecular weight is 1660 g/mol. The van der Waals surface area contributed by atoms with Crippen molar-refractivity contribution in [3.63, 3.8) is 0 Å². The minimum absolute atomic E-state index is 0.641. The lowest BCUT2D eigenvalue weighted by molar-refractivity contribution is 0.926. The highest BCUT2D eigenvalue weighted by molar-refractivity contribution is 6.14. The molecule has 0 fully saturated rings. The summed E-state index contributed by atoms with van der Waals surface area (Å²) >= 11 is 0. The van der Waals surface area contributed by atoms with Crippen molar-refractivity contribution in [1.29, 1.82) is 0 Å². The van der Waals surface area contributed by atoms with E-state index in [-0.39, 0.29) is 0 Å². The smallest absolute Gasteiger partial charge is 0.165 e. The monoisotopic (exact) mass is 1660 g/mol. The van der Waals surface area contributed by atoms with Gasteiger partial charge in [0.1, 0.15) is 46.6 Å². The van der Waals surface area contributed by atoms with Gasteiger partial charge in [-0.3, -0.25) is 0 Å². The molecule has 128 heavy (non-hydrogen) atoms. The molecule has 0 saturated carbocycles. The molecule has 8 heterocycles. The van der Waals surface area contributed by atoms with Gasteiger partial charge in [0, 0.05) is 82.0 Å². The predicted octanol–water partition coefficient (Wildman–Crippen LogP) is 26.8. The molecule has 8 aromatic heterocycles. The van der Waals surface area contributed by atoms with Crippen molar-refractivity contribution in [2.75, 3.05) is 0 Å². The summed E-state index contributed by atoms with van der Waals surface area (Å²) in [5.74, 6) is 8.10. The second kappa shape index (κ2) is 31.2. The first-order chi connectivity index (χ1) is 61.9. The zero-order valence-electron chi connectivity index (χ0n) is 74.6. The Morgan fingerprint density at radius 3 is 0.578 bits per heavy atom. The van der Waals surface area contributed by atoms with E-state index in [1.54, 1.807) is 0 Å². The van der Waals surface area contributed by atoms with Gasteiger partial charge in [0.2, 0.25) is 0 Å². The quantitative estimate of drug-likeness (QED) is 0.113. The highest BCUT2D eigenvalue weighted by Crippen LogP contribution is 2.47. The van der Waals surface area contributed by atoms with Gasteiger partial charge in [-0.25, -0.2) is 59.8 Å². The molecule has 620 valence electrons. The third-order valence-electron chi connectivity index (χ3n) is 24.7. The van der Waals surface area contributed by atoms with Crippen LogP contribution in [0.15, 0.2) is 267 Å². The van der Waals surface area contributed by atoms with Crippen molar-refractivity contribution < 1.29 is 0 Å². The van der Waals surface area contributed by atoms with E-state index in [9.17, 15) is 0 Å². The van der Waals surface area contributed by atoms with E-state index in [1.165, 1.54) is 87.6 Å². The second-order valence-electron chi connectivity index (χ2n) is 34.6. The molecule has 16 nitrogen and oxygen atoms in total. The van der Waals surface area contributed by atoms with Gasteiger partial charge in [-0.15, -0.1) is 0 Å². The Morgan fingerprint density at radius 1 is 0.148 bits per heavy atom. The van der Waals surface area contributed by atoms with Crippen LogP contribution in [0.5, 0.6) is 0 Å². The topological polar surface area (TPSA) is 174 Å². The summed E-state index contributed by atoms with van der Waals surface area (Å²) in [6.45, 7) is 32.7. The maximum Gasteiger partial charge on any atom is 0.165 e. The van der Waals surface area contributed by atoms with E-state index >= 15 is 0 Å². The summed E-state index contributed by atoms with van der Waals surface area (Å²) in [6.07, 6.45) is 0. The van der Waals surface area contributed by atoms with Crippen molar-refractivity contribution >= 4 is 87.2 Å². The Balaban J connectivity index is 0.000000156. The van der Waals surface area contributed by atoms with Gasteiger partial charge in [-0.2, -0.15) is 0 Å². The first-order valence-electron chi connectivity index (χ1n) is 43.5. The standard InChI is InChI=1S/2C56H46N8/c1-31-12-18-50-44(24-31)45-25-32(2)13-19-51(45)63(50)49-23-17-42(55-59-35(5)57-36(6)60-55)30-43(49)41-11-9-10-39(28-41)40-16-22-54(48(29-40)56-61-37(7)58-38(8)62-56)64-52-20-14-33(3)26-46(52)47-27-34(4)15-21-53(47)64;1-31-12-18-51-45(24-31)46-25-32(2)13-19-52(46)63(51)49-22-16-41(55-59-35(5)57-36(6)60-55)29-43(49)39-10-9-11-40(28-39)44-30-42(56-61-37(7)58-38(8)62-56)17-23-50(44)64-53-20-14-33(3)26-47(53)48-27-34(4)15-21-54(48)64/h2*9-30H,1-8H3. The van der Waals surface area contributed by atoms with Crippen molar-refractivity contribution in [2.24, 2.45) is 0 Å². The minimum Gasteiger partial charge on any atom is -0.309 e. The molecular weight excluding hydrogens is 1570 g/mol. The first kappa shape index (κ1) is 79.5. The maximum absolute atomic E-state index is 4.96. The number of nitrogens with zero attached hydrogens (tertiary/aromatic N) is 16. The molecule has 0 aliphatic heterocycles. The number of rotatable bonds is 12. The Morgan fingerprint density at radius 2 is 0.336 bits per heavy atom. The molecule has 0 bridgehead atoms. The van der Waals surface area contributed by atoms with Crippen LogP contribution in [-0.2, 0) is 0 Å². The highest BCUT2D eigenvalue weighted by Gasteiger charge is 2.26. The highest BCUT2D eigenvalue weighted by atomic mass is 15.1. The van der Waals surface area contributed by atoms with Crippen molar-refractivity contribution in [2.45, 2.75) is 111 Å². The first-order valence-corrected chi connectivity index (χ1v) is 43.5. The lowest BCUT2D eigenvalue weighted by Crippen LogP contribution is -2.03. The van der Waals surface area contributed by atoms with Crippen LogP contribution in [0.4, 0.5) is 0 Å². The van der Waals surface area contributed by atoms with E-state index in [1.807, 2.05) is 55.4 Å². The van der Waals surface area contributed by atoms with Crippen molar-refractivity contribution in [3.05, 3.63) is 358 Å². The van der Waals surface area contributed by atoms with Crippen LogP contribution in [0, 0.1) is 111 Å². The molecule has 0 atom stereocenters. The van der Waals surface area contributed by atoms with Crippen LogP contribution in [-0.4, -0.2) is 78.1 Å². The zero-order chi connectivity index (χ0) is 87.9. The third kappa shape index (κ3) is 14.2. The SMILES string of the molecule is Cc1ccc2c(c1)c1cc(C)ccc1n2-c1ccc(-c2nc(C)nc(C)n2)cc1-c1cccc(-c2cc(-c3nc(C)nc(C)n3)ccc2-n2c3ccc(C)cc3c3cc(C)ccc32)c1.Cc1ccc2c(c1)c1cc(C)ccc1n2-c1ccc(-c2nc(C)nc(C)n2)cc1-c1cccc(-c2ccc(-n3c4ccc(C)cc4c4cc(C)ccc43)c(-c3nc(C)nc(C)n3)c2)c1. The van der Waals surface area contributed by atoms with E-state index in [4.69, 9.17) is 39.9 Å². The Labute approximate surface area is 742 Å². The molecule has 0 unspecified atom stereocenters. The molecule has 0 N–H and O–H groups in total. The summed E-state index contributed by atoms with van der Waals surface area (Å²) in [4.78, 5) is 56.8. The number of fused-ring (bicyclic) bond motifs is 12. The average Bonchev–Trinajstić information content (AvgIpc) is 1.65. The molecule has 0 amide bonds. The number of aromatic nitrogens is 16. The molecule has 14 aromatic carbocycles. The summed E-state index contributed by atoms with van der Waals surface area (Å²) in [7, 11) is 0. The molecule has 0 radical (unpaired) electrons. The van der Waals surface area contributed by atoms with E-state index in [0.717, 1.165) is 134 Å². The van der Waals surface area contributed by atoms with Gasteiger partial charge >= 0.3 is 0 Å². The van der Waals surface area contributed by atoms with Gasteiger partial charge in [-0.05, 0) is 315 Å². The van der Waals surface area contributed by atoms with Crippen LogP contribution in [0.3, 0.4) is 0 Å². The van der Waals surface area contributed by atoms with E-state index in [2.05, 4.69) is 361 Å². The third-order valence-corrected chi connectivity index (χ3v) is 24.7. The minimum atomic E-state index is 0.641. The molecule has 0 aliphatic rings. The lowest BCUT2D eigenvalue weighted by atomic mass is 9.94. The second-order valence-corrected chi connectivity index (χ2v) is 34.6. The van der Waals surface area contributed by atoms with Crippen molar-refractivity contribution in [3.8, 4) is 113 Å². The number of aryl methyl sites for hydroxylation is 16. The Bertz CT molecular complexity index is 7860. The summed E-state index contributed by atoms with van der Waals surface area (Å²) < 4.78 is 9.61. The number of benzene rings is 14. The van der Waals surface area contributed by atoms with E-state index < -0.39 is 0 Å². The van der Waals surface area contributed by atoms with Crippen LogP contribution in [0.2, 0.25) is 0 Å². The molecule has 0 aliphatic carbocycles. The van der Waals surface area contributed by atoms with E-state index in [0.29, 0.717) is 69.9 Å². The van der Waals surface area contributed by atoms with Crippen molar-refractivity contribution in [1.82, 2.24) is 78.1 Å². The molecule has 0 saturated heterocycles. The van der Waals surface area contributed by atoms with Crippen LogP contribution in [0.1, 0.15) is 91.1 Å². The predicted molar refractivity (Wildman–Crippen MR) is 523 cm³/mol. The van der Waals surface area contributed by atoms with Crippen LogP contribution < -0.4 is 0 Å². The Kier molecular flexibility index (Phi) is 19.4. The number of hydrogen-bond acceptors (Lipinski definition) is 12. The van der Waals surface area contributed by atoms with Gasteiger partial charge in [0.05, 0.1) is 66.9 Å². The fourth-order valence-corrected chi connectivity index (χ4v) is 19.1. The van der Waals surface area contributed by atoms with Gasteiger partial charge < -0.3 is 18.3 Å². The number of hydrogen-bond donors (Lipinski definition) is 0. The normalized spacial score (nSPS) is 11.8. The summed E-state index contributed by atoms with van der Waals surface area (Å²) in [5, 5.41) is 9.83. The largest absolute Gasteiger partial charge is 0.309 e. The Hall–Kier alpha value is -15.7. The van der Waals surface area contributed by atoms with Gasteiger partial charge in [-0.1, -0.05) is 136 Å². The summed E-state index contributed by atoms with van der Waals surface area (Å²) in [6, 6.07) is 98.3. The van der Waals surface area contributed by atoms with Gasteiger partial charge in [0.25, 0.3) is 0 Å². The molecule has 22 rings (SSSR count). The molecule has 16 heteroatoms. The van der Waals surface area contributed by atoms with Crippen LogP contribution >= 0.6 is 0 Å². The molecule has 22 aromatic rings. The van der Waals surface area contributed by atoms with Crippen LogP contribution in [0.25, 0.3) is 200 Å². The fourth-order valence-electron chi connectivity index (χ4n) is 19.1. The zero-order valence-corrected chi connectivity index (χ0v) is 74.6. The molecule has 0 spiro atoms.